The first kappa shape index (κ1) is 13.9. The van der Waals surface area contributed by atoms with Crippen LogP contribution >= 0.6 is 0 Å². The average molecular weight is 248 g/mol. The molecule has 1 aromatic rings. The van der Waals surface area contributed by atoms with E-state index in [0.29, 0.717) is 5.56 Å². The van der Waals surface area contributed by atoms with Crippen molar-refractivity contribution in [3.63, 3.8) is 0 Å². The third-order valence-electron chi connectivity index (χ3n) is 2.39. The number of carbonyl (C=O) groups excluding carboxylic acids is 2. The van der Waals surface area contributed by atoms with Gasteiger partial charge in [-0.05, 0) is 31.2 Å². The summed E-state index contributed by atoms with van der Waals surface area (Å²) < 4.78 is 0. The van der Waals surface area contributed by atoms with E-state index >= 15 is 0 Å². The number of Topliss-reactive ketones (excluding diaryl/α,β-unsaturated/α-hetero) is 1. The van der Waals surface area contributed by atoms with Crippen molar-refractivity contribution in [1.82, 2.24) is 0 Å². The molecule has 0 bridgehead atoms. The summed E-state index contributed by atoms with van der Waals surface area (Å²) in [6.07, 6.45) is 0. The van der Waals surface area contributed by atoms with E-state index in [1.54, 1.807) is 24.3 Å². The molecule has 0 aliphatic carbocycles. The van der Waals surface area contributed by atoms with E-state index in [9.17, 15) is 9.59 Å². The SMILES string of the molecule is CC(=O)C(C)=NOC(=O)c1ccc(N(C)C)cc1. The molecule has 0 fully saturated rings. The molecule has 0 aromatic heterocycles. The molecule has 1 rings (SSSR count). The Morgan fingerprint density at radius 1 is 1.11 bits per heavy atom. The van der Waals surface area contributed by atoms with Gasteiger partial charge in [-0.3, -0.25) is 4.79 Å². The molecule has 96 valence electrons. The topological polar surface area (TPSA) is 59.0 Å². The van der Waals surface area contributed by atoms with Gasteiger partial charge in [0, 0.05) is 26.7 Å². The van der Waals surface area contributed by atoms with E-state index in [1.165, 1.54) is 13.8 Å². The van der Waals surface area contributed by atoms with Gasteiger partial charge in [-0.15, -0.1) is 0 Å². The monoisotopic (exact) mass is 248 g/mol. The highest BCUT2D eigenvalue weighted by Gasteiger charge is 2.08. The van der Waals surface area contributed by atoms with Gasteiger partial charge >= 0.3 is 5.97 Å². The number of carbonyl (C=O) groups is 2. The van der Waals surface area contributed by atoms with Crippen LogP contribution in [0.25, 0.3) is 0 Å². The molecule has 0 N–H and O–H groups in total. The van der Waals surface area contributed by atoms with Crippen LogP contribution in [0, 0.1) is 0 Å². The zero-order valence-electron chi connectivity index (χ0n) is 10.9. The molecule has 18 heavy (non-hydrogen) atoms. The van der Waals surface area contributed by atoms with Gasteiger partial charge < -0.3 is 9.74 Å². The van der Waals surface area contributed by atoms with Crippen molar-refractivity contribution in [2.75, 3.05) is 19.0 Å². The summed E-state index contributed by atoms with van der Waals surface area (Å²) in [4.78, 5) is 29.1. The summed E-state index contributed by atoms with van der Waals surface area (Å²) in [5.74, 6) is -0.813. The molecule has 1 aromatic carbocycles. The highest BCUT2D eigenvalue weighted by atomic mass is 16.7. The van der Waals surface area contributed by atoms with E-state index in [1.807, 2.05) is 19.0 Å². The standard InChI is InChI=1S/C13H16N2O3/c1-9(10(2)16)14-18-13(17)11-5-7-12(8-6-11)15(3)4/h5-8H,1-4H3. The van der Waals surface area contributed by atoms with Crippen molar-refractivity contribution in [3.05, 3.63) is 29.8 Å². The maximum absolute atomic E-state index is 11.6. The second-order valence-electron chi connectivity index (χ2n) is 4.05. The summed E-state index contributed by atoms with van der Waals surface area (Å²) in [6.45, 7) is 2.85. The number of ketones is 1. The van der Waals surface area contributed by atoms with Crippen LogP contribution in [0.5, 0.6) is 0 Å². The van der Waals surface area contributed by atoms with Crippen LogP contribution < -0.4 is 4.90 Å². The molecule has 0 aliphatic rings. The fourth-order valence-corrected chi connectivity index (χ4v) is 1.12. The number of rotatable bonds is 4. The maximum atomic E-state index is 11.6. The molecule has 0 aliphatic heterocycles. The Labute approximate surface area is 106 Å². The molecular weight excluding hydrogens is 232 g/mol. The first-order valence-corrected chi connectivity index (χ1v) is 5.46. The van der Waals surface area contributed by atoms with Crippen molar-refractivity contribution < 1.29 is 14.4 Å². The first-order valence-electron chi connectivity index (χ1n) is 5.46. The number of oxime groups is 1. The molecular formula is C13H16N2O3. The van der Waals surface area contributed by atoms with Crippen LogP contribution in [-0.2, 0) is 9.63 Å². The van der Waals surface area contributed by atoms with Crippen LogP contribution in [-0.4, -0.2) is 31.6 Å². The molecule has 5 heteroatoms. The lowest BCUT2D eigenvalue weighted by atomic mass is 10.2. The number of nitrogens with zero attached hydrogens (tertiary/aromatic N) is 2. The maximum Gasteiger partial charge on any atom is 0.365 e. The molecule has 0 heterocycles. The zero-order valence-corrected chi connectivity index (χ0v) is 10.9. The summed E-state index contributed by atoms with van der Waals surface area (Å²) in [5.41, 5.74) is 1.53. The predicted molar refractivity (Wildman–Crippen MR) is 70.0 cm³/mol. The van der Waals surface area contributed by atoms with Crippen LogP contribution in [0.4, 0.5) is 5.69 Å². The van der Waals surface area contributed by atoms with Gasteiger partial charge in [0.2, 0.25) is 0 Å². The number of hydrogen-bond donors (Lipinski definition) is 0. The highest BCUT2D eigenvalue weighted by Crippen LogP contribution is 2.12. The van der Waals surface area contributed by atoms with Crippen LogP contribution in [0.1, 0.15) is 24.2 Å². The van der Waals surface area contributed by atoms with Gasteiger partial charge in [-0.2, -0.15) is 0 Å². The van der Waals surface area contributed by atoms with E-state index < -0.39 is 5.97 Å². The second kappa shape index (κ2) is 5.95. The third-order valence-corrected chi connectivity index (χ3v) is 2.39. The number of anilines is 1. The fraction of sp³-hybridized carbons (Fsp3) is 0.308. The van der Waals surface area contributed by atoms with Crippen molar-refractivity contribution >= 4 is 23.2 Å². The van der Waals surface area contributed by atoms with Gasteiger partial charge in [0.1, 0.15) is 5.71 Å². The van der Waals surface area contributed by atoms with Crippen LogP contribution in [0.3, 0.4) is 0 Å². The molecule has 0 atom stereocenters. The Kier molecular flexibility index (Phi) is 4.59. The van der Waals surface area contributed by atoms with E-state index in [2.05, 4.69) is 9.99 Å². The fourth-order valence-electron chi connectivity index (χ4n) is 1.12. The van der Waals surface area contributed by atoms with Crippen LogP contribution in [0.15, 0.2) is 29.4 Å². The smallest absolute Gasteiger partial charge is 0.365 e. The molecule has 0 saturated heterocycles. The molecule has 0 unspecified atom stereocenters. The largest absolute Gasteiger partial charge is 0.378 e. The Hall–Kier alpha value is -2.17. The zero-order chi connectivity index (χ0) is 13.7. The first-order chi connectivity index (χ1) is 8.41. The normalized spacial score (nSPS) is 11.0. The lowest BCUT2D eigenvalue weighted by Crippen LogP contribution is -2.10. The number of hydrogen-bond acceptors (Lipinski definition) is 5. The van der Waals surface area contributed by atoms with Crippen LogP contribution in [0.2, 0.25) is 0 Å². The summed E-state index contributed by atoms with van der Waals surface area (Å²) in [7, 11) is 3.82. The second-order valence-corrected chi connectivity index (χ2v) is 4.05. The van der Waals surface area contributed by atoms with Crippen molar-refractivity contribution in [2.24, 2.45) is 5.16 Å². The third kappa shape index (κ3) is 3.69. The summed E-state index contributed by atoms with van der Waals surface area (Å²) >= 11 is 0. The minimum Gasteiger partial charge on any atom is -0.378 e. The lowest BCUT2D eigenvalue weighted by molar-refractivity contribution is -0.111. The molecule has 5 nitrogen and oxygen atoms in total. The van der Waals surface area contributed by atoms with Gasteiger partial charge in [0.25, 0.3) is 0 Å². The molecule has 0 spiro atoms. The summed E-state index contributed by atoms with van der Waals surface area (Å²) in [6, 6.07) is 6.91. The molecule has 0 radical (unpaired) electrons. The number of benzene rings is 1. The lowest BCUT2D eigenvalue weighted by Gasteiger charge is -2.11. The van der Waals surface area contributed by atoms with Crippen molar-refractivity contribution in [2.45, 2.75) is 13.8 Å². The Morgan fingerprint density at radius 3 is 2.11 bits per heavy atom. The highest BCUT2D eigenvalue weighted by molar-refractivity contribution is 6.37. The average Bonchev–Trinajstić information content (AvgIpc) is 2.35. The minimum atomic E-state index is -0.582. The minimum absolute atomic E-state index is 0.160. The van der Waals surface area contributed by atoms with E-state index in [-0.39, 0.29) is 11.5 Å². The predicted octanol–water partition coefficient (Wildman–Crippen LogP) is 1.87. The Morgan fingerprint density at radius 2 is 1.67 bits per heavy atom. The van der Waals surface area contributed by atoms with E-state index in [4.69, 9.17) is 0 Å². The summed E-state index contributed by atoms with van der Waals surface area (Å²) in [5, 5.41) is 3.46. The van der Waals surface area contributed by atoms with Crippen molar-refractivity contribution in [1.29, 1.82) is 0 Å². The van der Waals surface area contributed by atoms with Gasteiger partial charge in [-0.25, -0.2) is 4.79 Å². The van der Waals surface area contributed by atoms with E-state index in [0.717, 1.165) is 5.69 Å². The quantitative estimate of drug-likeness (QED) is 0.463. The molecule has 0 amide bonds. The van der Waals surface area contributed by atoms with Gasteiger partial charge in [0.05, 0.1) is 5.56 Å². The van der Waals surface area contributed by atoms with Gasteiger partial charge in [0.15, 0.2) is 5.78 Å². The Balaban J connectivity index is 2.73. The Bertz CT molecular complexity index is 476. The molecule has 0 saturated carbocycles. The van der Waals surface area contributed by atoms with Gasteiger partial charge in [-0.1, -0.05) is 5.16 Å². The van der Waals surface area contributed by atoms with Crippen molar-refractivity contribution in [3.8, 4) is 0 Å².